The maximum absolute atomic E-state index is 12.9. The minimum absolute atomic E-state index is 0.0830. The highest BCUT2D eigenvalue weighted by Gasteiger charge is 2.02. The molecule has 19 heavy (non-hydrogen) atoms. The average molecular weight is 300 g/mol. The summed E-state index contributed by atoms with van der Waals surface area (Å²) in [6, 6.07) is 6.48. The molecule has 0 saturated heterocycles. The molecule has 0 aliphatic rings. The van der Waals surface area contributed by atoms with Crippen LogP contribution in [0.3, 0.4) is 0 Å². The standard InChI is InChI=1S/C14H15ClFNOS/c1-10-4-7-19-14(10)9-17-5-6-18-11-2-3-13(16)12(15)8-11/h2-4,7-8,17H,5-6,9H2,1H3. The Morgan fingerprint density at radius 2 is 2.21 bits per heavy atom. The molecule has 1 N–H and O–H groups in total. The van der Waals surface area contributed by atoms with Gasteiger partial charge in [-0.25, -0.2) is 4.39 Å². The van der Waals surface area contributed by atoms with Crippen molar-refractivity contribution in [1.82, 2.24) is 5.32 Å². The normalized spacial score (nSPS) is 10.7. The first-order valence-corrected chi connectivity index (χ1v) is 7.24. The number of rotatable bonds is 6. The zero-order valence-electron chi connectivity index (χ0n) is 10.6. The van der Waals surface area contributed by atoms with Crippen LogP contribution in [0.5, 0.6) is 5.75 Å². The van der Waals surface area contributed by atoms with Gasteiger partial charge >= 0.3 is 0 Å². The fraction of sp³-hybridized carbons (Fsp3) is 0.286. The van der Waals surface area contributed by atoms with Crippen LogP contribution in [0.2, 0.25) is 5.02 Å². The van der Waals surface area contributed by atoms with Crippen molar-refractivity contribution in [2.45, 2.75) is 13.5 Å². The number of benzene rings is 1. The Kier molecular flexibility index (Phi) is 5.19. The van der Waals surface area contributed by atoms with E-state index in [-0.39, 0.29) is 5.02 Å². The van der Waals surface area contributed by atoms with E-state index in [1.807, 2.05) is 0 Å². The zero-order valence-corrected chi connectivity index (χ0v) is 12.2. The summed E-state index contributed by atoms with van der Waals surface area (Å²) in [6.07, 6.45) is 0. The molecular weight excluding hydrogens is 285 g/mol. The van der Waals surface area contributed by atoms with E-state index in [4.69, 9.17) is 16.3 Å². The van der Waals surface area contributed by atoms with E-state index in [9.17, 15) is 4.39 Å². The number of ether oxygens (including phenoxy) is 1. The van der Waals surface area contributed by atoms with Crippen molar-refractivity contribution in [2.75, 3.05) is 13.2 Å². The van der Waals surface area contributed by atoms with Crippen molar-refractivity contribution >= 4 is 22.9 Å². The molecule has 0 fully saturated rings. The van der Waals surface area contributed by atoms with Crippen LogP contribution in [0.25, 0.3) is 0 Å². The summed E-state index contributed by atoms with van der Waals surface area (Å²) in [7, 11) is 0. The van der Waals surface area contributed by atoms with Gasteiger partial charge in [0.05, 0.1) is 5.02 Å². The lowest BCUT2D eigenvalue weighted by Gasteiger charge is -2.08. The molecule has 1 aromatic heterocycles. The Labute approximate surface area is 121 Å². The quantitative estimate of drug-likeness (QED) is 0.814. The summed E-state index contributed by atoms with van der Waals surface area (Å²) in [6.45, 7) is 4.19. The summed E-state index contributed by atoms with van der Waals surface area (Å²) in [5.41, 5.74) is 1.31. The number of thiophene rings is 1. The molecule has 0 aliphatic carbocycles. The summed E-state index contributed by atoms with van der Waals surface area (Å²) in [5, 5.41) is 5.47. The lowest BCUT2D eigenvalue weighted by Crippen LogP contribution is -2.20. The van der Waals surface area contributed by atoms with Gasteiger partial charge in [-0.2, -0.15) is 0 Å². The van der Waals surface area contributed by atoms with Crippen LogP contribution in [-0.2, 0) is 6.54 Å². The van der Waals surface area contributed by atoms with Gasteiger partial charge in [-0.3, -0.25) is 0 Å². The van der Waals surface area contributed by atoms with Crippen LogP contribution in [0, 0.1) is 12.7 Å². The van der Waals surface area contributed by atoms with E-state index in [1.54, 1.807) is 17.4 Å². The van der Waals surface area contributed by atoms with E-state index in [2.05, 4.69) is 23.7 Å². The fourth-order valence-corrected chi connectivity index (χ4v) is 2.64. The van der Waals surface area contributed by atoms with E-state index in [0.717, 1.165) is 13.1 Å². The topological polar surface area (TPSA) is 21.3 Å². The minimum Gasteiger partial charge on any atom is -0.492 e. The van der Waals surface area contributed by atoms with Crippen molar-refractivity contribution in [1.29, 1.82) is 0 Å². The molecule has 0 spiro atoms. The number of halogens is 2. The molecule has 2 aromatic rings. The Hall–Kier alpha value is -1.10. The highest BCUT2D eigenvalue weighted by molar-refractivity contribution is 7.10. The third-order valence-electron chi connectivity index (χ3n) is 2.69. The summed E-state index contributed by atoms with van der Waals surface area (Å²) in [5.74, 6) is 0.154. The van der Waals surface area contributed by atoms with Crippen molar-refractivity contribution in [2.24, 2.45) is 0 Å². The predicted molar refractivity (Wildman–Crippen MR) is 77.7 cm³/mol. The number of nitrogens with one attached hydrogen (secondary N) is 1. The van der Waals surface area contributed by atoms with Crippen molar-refractivity contribution in [3.63, 3.8) is 0 Å². The van der Waals surface area contributed by atoms with Gasteiger partial charge in [0, 0.05) is 24.0 Å². The molecule has 1 aromatic carbocycles. The third-order valence-corrected chi connectivity index (χ3v) is 4.01. The molecule has 1 heterocycles. The molecule has 2 rings (SSSR count). The summed E-state index contributed by atoms with van der Waals surface area (Å²) in [4.78, 5) is 1.34. The van der Waals surface area contributed by atoms with Crippen LogP contribution in [0.15, 0.2) is 29.6 Å². The molecular formula is C14H15ClFNOS. The molecule has 0 saturated carbocycles. The highest BCUT2D eigenvalue weighted by atomic mass is 35.5. The van der Waals surface area contributed by atoms with Gasteiger partial charge < -0.3 is 10.1 Å². The van der Waals surface area contributed by atoms with Crippen LogP contribution in [-0.4, -0.2) is 13.2 Å². The van der Waals surface area contributed by atoms with Gasteiger partial charge in [-0.15, -0.1) is 11.3 Å². The molecule has 0 amide bonds. The van der Waals surface area contributed by atoms with E-state index < -0.39 is 5.82 Å². The van der Waals surface area contributed by atoms with Gasteiger partial charge in [-0.05, 0) is 36.1 Å². The molecule has 0 radical (unpaired) electrons. The van der Waals surface area contributed by atoms with Gasteiger partial charge in [0.2, 0.25) is 0 Å². The first-order valence-electron chi connectivity index (χ1n) is 5.98. The maximum atomic E-state index is 12.9. The van der Waals surface area contributed by atoms with Gasteiger partial charge in [0.1, 0.15) is 18.2 Å². The summed E-state index contributed by atoms with van der Waals surface area (Å²) >= 11 is 7.41. The smallest absolute Gasteiger partial charge is 0.142 e. The molecule has 0 aliphatic heterocycles. The van der Waals surface area contributed by atoms with E-state index in [1.165, 1.54) is 22.6 Å². The van der Waals surface area contributed by atoms with Gasteiger partial charge in [0.15, 0.2) is 0 Å². The molecule has 102 valence electrons. The van der Waals surface area contributed by atoms with Crippen molar-refractivity contribution in [3.8, 4) is 5.75 Å². The highest BCUT2D eigenvalue weighted by Crippen LogP contribution is 2.20. The number of aryl methyl sites for hydroxylation is 1. The van der Waals surface area contributed by atoms with Crippen molar-refractivity contribution in [3.05, 3.63) is 50.9 Å². The van der Waals surface area contributed by atoms with E-state index >= 15 is 0 Å². The van der Waals surface area contributed by atoms with Crippen LogP contribution >= 0.6 is 22.9 Å². The van der Waals surface area contributed by atoms with Crippen LogP contribution < -0.4 is 10.1 Å². The average Bonchev–Trinajstić information content (AvgIpc) is 2.79. The number of hydrogen-bond donors (Lipinski definition) is 1. The molecule has 2 nitrogen and oxygen atoms in total. The molecule has 0 unspecified atom stereocenters. The Morgan fingerprint density at radius 3 is 2.89 bits per heavy atom. The lowest BCUT2D eigenvalue weighted by atomic mass is 10.3. The SMILES string of the molecule is Cc1ccsc1CNCCOc1ccc(F)c(Cl)c1. The first-order chi connectivity index (χ1) is 9.16. The molecule has 0 atom stereocenters. The van der Waals surface area contributed by atoms with Gasteiger partial charge in [0.25, 0.3) is 0 Å². The first kappa shape index (κ1) is 14.3. The second-order valence-corrected chi connectivity index (χ2v) is 5.54. The van der Waals surface area contributed by atoms with Crippen LogP contribution in [0.1, 0.15) is 10.4 Å². The predicted octanol–water partition coefficient (Wildman–Crippen LogP) is 4.02. The van der Waals surface area contributed by atoms with Gasteiger partial charge in [-0.1, -0.05) is 11.6 Å². The Balaban J connectivity index is 1.69. The second kappa shape index (κ2) is 6.89. The molecule has 0 bridgehead atoms. The monoisotopic (exact) mass is 299 g/mol. The van der Waals surface area contributed by atoms with Crippen LogP contribution in [0.4, 0.5) is 4.39 Å². The van der Waals surface area contributed by atoms with Crippen molar-refractivity contribution < 1.29 is 9.13 Å². The largest absolute Gasteiger partial charge is 0.492 e. The number of hydrogen-bond acceptors (Lipinski definition) is 3. The minimum atomic E-state index is -0.430. The zero-order chi connectivity index (χ0) is 13.7. The Bertz CT molecular complexity index is 544. The van der Waals surface area contributed by atoms with E-state index in [0.29, 0.717) is 12.4 Å². The summed E-state index contributed by atoms with van der Waals surface area (Å²) < 4.78 is 18.4. The maximum Gasteiger partial charge on any atom is 0.142 e. The Morgan fingerprint density at radius 1 is 1.37 bits per heavy atom. The fourth-order valence-electron chi connectivity index (χ4n) is 1.59. The second-order valence-electron chi connectivity index (χ2n) is 4.13. The third kappa shape index (κ3) is 4.20. The lowest BCUT2D eigenvalue weighted by molar-refractivity contribution is 0.313. The molecule has 5 heteroatoms.